The van der Waals surface area contributed by atoms with Gasteiger partial charge in [0.25, 0.3) is 11.8 Å². The van der Waals surface area contributed by atoms with Crippen LogP contribution in [0.25, 0.3) is 0 Å². The van der Waals surface area contributed by atoms with Gasteiger partial charge in [0.05, 0.1) is 12.2 Å². The Bertz CT molecular complexity index is 719. The van der Waals surface area contributed by atoms with Crippen LogP contribution in [0.3, 0.4) is 0 Å². The van der Waals surface area contributed by atoms with E-state index in [-0.39, 0.29) is 6.61 Å². The van der Waals surface area contributed by atoms with E-state index in [0.29, 0.717) is 22.4 Å². The van der Waals surface area contributed by atoms with Gasteiger partial charge in [-0.3, -0.25) is 20.4 Å². The number of carbonyl (C=O) groups excluding carboxylic acids is 2. The quantitative estimate of drug-likeness (QED) is 0.692. The zero-order valence-corrected chi connectivity index (χ0v) is 15.3. The molecule has 0 bridgehead atoms. The Hall–Kier alpha value is -2.54. The van der Waals surface area contributed by atoms with Gasteiger partial charge < -0.3 is 9.47 Å². The minimum atomic E-state index is -0.466. The molecular formula is C18H19BrN2O4. The van der Waals surface area contributed by atoms with E-state index in [1.54, 1.807) is 48.5 Å². The lowest BCUT2D eigenvalue weighted by atomic mass is 10.2. The van der Waals surface area contributed by atoms with Gasteiger partial charge in [-0.1, -0.05) is 19.1 Å². The highest BCUT2D eigenvalue weighted by Crippen LogP contribution is 2.17. The SMILES string of the molecule is CCCOc1ccc(OCC(=O)NNC(=O)c2ccccc2Br)cc1. The molecule has 2 aromatic rings. The first kappa shape index (κ1) is 18.8. The molecule has 0 heterocycles. The average molecular weight is 407 g/mol. The summed E-state index contributed by atoms with van der Waals surface area (Å²) in [5.41, 5.74) is 5.07. The first-order valence-electron chi connectivity index (χ1n) is 7.79. The zero-order valence-electron chi connectivity index (χ0n) is 13.8. The van der Waals surface area contributed by atoms with Crippen molar-refractivity contribution in [1.29, 1.82) is 0 Å². The molecule has 2 aromatic carbocycles. The second-order valence-corrected chi connectivity index (χ2v) is 5.95. The molecule has 0 saturated carbocycles. The number of nitrogens with one attached hydrogen (secondary N) is 2. The maximum Gasteiger partial charge on any atom is 0.276 e. The molecule has 0 aromatic heterocycles. The molecule has 2 rings (SSSR count). The van der Waals surface area contributed by atoms with E-state index < -0.39 is 11.8 Å². The van der Waals surface area contributed by atoms with Crippen LogP contribution in [-0.4, -0.2) is 25.0 Å². The fourth-order valence-electron chi connectivity index (χ4n) is 1.88. The van der Waals surface area contributed by atoms with E-state index in [4.69, 9.17) is 9.47 Å². The molecule has 0 spiro atoms. The average Bonchev–Trinajstić information content (AvgIpc) is 2.64. The van der Waals surface area contributed by atoms with Gasteiger partial charge in [0, 0.05) is 4.47 Å². The molecule has 0 unspecified atom stereocenters. The third-order valence-corrected chi connectivity index (χ3v) is 3.79. The monoisotopic (exact) mass is 406 g/mol. The van der Waals surface area contributed by atoms with Crippen molar-refractivity contribution in [2.24, 2.45) is 0 Å². The predicted molar refractivity (Wildman–Crippen MR) is 97.5 cm³/mol. The number of hydrogen-bond acceptors (Lipinski definition) is 4. The highest BCUT2D eigenvalue weighted by atomic mass is 79.9. The summed E-state index contributed by atoms with van der Waals surface area (Å²) >= 11 is 3.28. The van der Waals surface area contributed by atoms with Crippen molar-refractivity contribution >= 4 is 27.7 Å². The highest BCUT2D eigenvalue weighted by molar-refractivity contribution is 9.10. The Morgan fingerprint density at radius 2 is 1.60 bits per heavy atom. The number of carbonyl (C=O) groups is 2. The highest BCUT2D eigenvalue weighted by Gasteiger charge is 2.10. The summed E-state index contributed by atoms with van der Waals surface area (Å²) in [5.74, 6) is 0.403. The molecule has 0 aliphatic rings. The molecule has 7 heteroatoms. The van der Waals surface area contributed by atoms with Crippen LogP contribution in [-0.2, 0) is 4.79 Å². The summed E-state index contributed by atoms with van der Waals surface area (Å²) in [5, 5.41) is 0. The summed E-state index contributed by atoms with van der Waals surface area (Å²) in [4.78, 5) is 23.7. The Labute approximate surface area is 154 Å². The molecule has 2 amide bonds. The number of ether oxygens (including phenoxy) is 2. The normalized spacial score (nSPS) is 10.0. The number of benzene rings is 2. The minimum absolute atomic E-state index is 0.217. The maximum absolute atomic E-state index is 12.0. The summed E-state index contributed by atoms with van der Waals surface area (Å²) in [6, 6.07) is 13.9. The fraction of sp³-hybridized carbons (Fsp3) is 0.222. The van der Waals surface area contributed by atoms with Gasteiger partial charge in [0.1, 0.15) is 11.5 Å². The fourth-order valence-corrected chi connectivity index (χ4v) is 2.34. The van der Waals surface area contributed by atoms with Gasteiger partial charge in [-0.15, -0.1) is 0 Å². The Kier molecular flexibility index (Phi) is 7.28. The molecular weight excluding hydrogens is 388 g/mol. The van der Waals surface area contributed by atoms with Crippen LogP contribution < -0.4 is 20.3 Å². The first-order chi connectivity index (χ1) is 12.1. The maximum atomic E-state index is 12.0. The van der Waals surface area contributed by atoms with Crippen LogP contribution in [0.15, 0.2) is 53.0 Å². The van der Waals surface area contributed by atoms with Crippen LogP contribution in [0.2, 0.25) is 0 Å². The molecule has 0 aliphatic carbocycles. The van der Waals surface area contributed by atoms with Gasteiger partial charge >= 0.3 is 0 Å². The molecule has 0 atom stereocenters. The number of halogens is 1. The molecule has 2 N–H and O–H groups in total. The van der Waals surface area contributed by atoms with Gasteiger partial charge in [-0.05, 0) is 58.7 Å². The summed E-state index contributed by atoms with van der Waals surface area (Å²) < 4.78 is 11.5. The lowest BCUT2D eigenvalue weighted by Crippen LogP contribution is -2.43. The van der Waals surface area contributed by atoms with E-state index in [0.717, 1.165) is 12.2 Å². The third kappa shape index (κ3) is 6.11. The summed E-state index contributed by atoms with van der Waals surface area (Å²) in [6.45, 7) is 2.47. The molecule has 6 nitrogen and oxygen atoms in total. The lowest BCUT2D eigenvalue weighted by Gasteiger charge is -2.10. The van der Waals surface area contributed by atoms with Crippen LogP contribution in [0, 0.1) is 0 Å². The Morgan fingerprint density at radius 1 is 0.960 bits per heavy atom. The van der Waals surface area contributed by atoms with Crippen molar-refractivity contribution in [3.05, 3.63) is 58.6 Å². The minimum Gasteiger partial charge on any atom is -0.494 e. The van der Waals surface area contributed by atoms with Crippen molar-refractivity contribution in [3.8, 4) is 11.5 Å². The third-order valence-electron chi connectivity index (χ3n) is 3.10. The van der Waals surface area contributed by atoms with E-state index in [1.165, 1.54) is 0 Å². The largest absolute Gasteiger partial charge is 0.494 e. The first-order valence-corrected chi connectivity index (χ1v) is 8.59. The topological polar surface area (TPSA) is 76.7 Å². The van der Waals surface area contributed by atoms with Gasteiger partial charge in [0.15, 0.2) is 6.61 Å². The Morgan fingerprint density at radius 3 is 2.24 bits per heavy atom. The van der Waals surface area contributed by atoms with Crippen molar-refractivity contribution in [3.63, 3.8) is 0 Å². The van der Waals surface area contributed by atoms with Crippen LogP contribution in [0.5, 0.6) is 11.5 Å². The van der Waals surface area contributed by atoms with E-state index >= 15 is 0 Å². The van der Waals surface area contributed by atoms with E-state index in [9.17, 15) is 9.59 Å². The van der Waals surface area contributed by atoms with Crippen molar-refractivity contribution in [2.45, 2.75) is 13.3 Å². The molecule has 0 radical (unpaired) electrons. The lowest BCUT2D eigenvalue weighted by molar-refractivity contribution is -0.123. The van der Waals surface area contributed by atoms with E-state index in [1.807, 2.05) is 6.92 Å². The standard InChI is InChI=1S/C18H19BrN2O4/c1-2-11-24-13-7-9-14(10-8-13)25-12-17(22)20-21-18(23)15-5-3-4-6-16(15)19/h3-10H,2,11-12H2,1H3,(H,20,22)(H,21,23). The van der Waals surface area contributed by atoms with Crippen molar-refractivity contribution in [1.82, 2.24) is 10.9 Å². The number of rotatable bonds is 7. The van der Waals surface area contributed by atoms with Gasteiger partial charge in [-0.2, -0.15) is 0 Å². The molecule has 0 saturated heterocycles. The van der Waals surface area contributed by atoms with Crippen molar-refractivity contribution < 1.29 is 19.1 Å². The predicted octanol–water partition coefficient (Wildman–Crippen LogP) is 3.08. The Balaban J connectivity index is 1.75. The molecule has 0 aliphatic heterocycles. The molecule has 132 valence electrons. The zero-order chi connectivity index (χ0) is 18.1. The number of hydrazine groups is 1. The smallest absolute Gasteiger partial charge is 0.276 e. The summed E-state index contributed by atoms with van der Waals surface area (Å²) in [7, 11) is 0. The summed E-state index contributed by atoms with van der Waals surface area (Å²) in [6.07, 6.45) is 0.934. The van der Waals surface area contributed by atoms with E-state index in [2.05, 4.69) is 26.8 Å². The van der Waals surface area contributed by atoms with Crippen LogP contribution >= 0.6 is 15.9 Å². The number of amides is 2. The molecule has 25 heavy (non-hydrogen) atoms. The van der Waals surface area contributed by atoms with Gasteiger partial charge in [0.2, 0.25) is 0 Å². The second kappa shape index (κ2) is 9.68. The van der Waals surface area contributed by atoms with Crippen LogP contribution in [0.1, 0.15) is 23.7 Å². The van der Waals surface area contributed by atoms with Crippen molar-refractivity contribution in [2.75, 3.05) is 13.2 Å². The molecule has 0 fully saturated rings. The number of hydrogen-bond donors (Lipinski definition) is 2. The van der Waals surface area contributed by atoms with Crippen LogP contribution in [0.4, 0.5) is 0 Å². The second-order valence-electron chi connectivity index (χ2n) is 5.09. The van der Waals surface area contributed by atoms with Gasteiger partial charge in [-0.25, -0.2) is 0 Å².